The molecule has 0 spiro atoms. The van der Waals surface area contributed by atoms with Crippen molar-refractivity contribution in [3.05, 3.63) is 41.9 Å². The van der Waals surface area contributed by atoms with Crippen molar-refractivity contribution < 1.29 is 9.53 Å². The first-order chi connectivity index (χ1) is 12.1. The minimum absolute atomic E-state index is 0.278. The fraction of sp³-hybridized carbons (Fsp3) is 0.125. The molecule has 0 aliphatic heterocycles. The number of aryl methyl sites for hydroxylation is 1. The number of ether oxygens (including phenoxy) is 1. The van der Waals surface area contributed by atoms with E-state index in [-0.39, 0.29) is 17.0 Å². The first kappa shape index (κ1) is 17.4. The van der Waals surface area contributed by atoms with Crippen molar-refractivity contribution in [2.24, 2.45) is 5.10 Å². The van der Waals surface area contributed by atoms with E-state index in [9.17, 15) is 4.79 Å². The van der Waals surface area contributed by atoms with Gasteiger partial charge in [-0.3, -0.25) is 15.2 Å². The maximum absolute atomic E-state index is 12.4. The van der Waals surface area contributed by atoms with E-state index in [2.05, 4.69) is 25.8 Å². The van der Waals surface area contributed by atoms with Crippen LogP contribution >= 0.6 is 0 Å². The number of nitriles is 2. The Hall–Kier alpha value is -3.98. The Balaban J connectivity index is 2.20. The predicted octanol–water partition coefficient (Wildman–Crippen LogP) is 1.86. The molecule has 0 fully saturated rings. The molecule has 0 aliphatic rings. The van der Waals surface area contributed by atoms with Crippen molar-refractivity contribution in [2.45, 2.75) is 6.92 Å². The smallest absolute Gasteiger partial charge is 0.260 e. The lowest BCUT2D eigenvalue weighted by Crippen LogP contribution is -2.14. The van der Waals surface area contributed by atoms with Gasteiger partial charge in [0.15, 0.2) is 5.82 Å². The summed E-state index contributed by atoms with van der Waals surface area (Å²) in [4.78, 5) is 20.5. The molecule has 2 aromatic rings. The van der Waals surface area contributed by atoms with Crippen molar-refractivity contribution >= 4 is 23.1 Å². The van der Waals surface area contributed by atoms with Gasteiger partial charge in [-0.15, -0.1) is 0 Å². The van der Waals surface area contributed by atoms with Gasteiger partial charge in [0.25, 0.3) is 5.91 Å². The first-order valence-corrected chi connectivity index (χ1v) is 6.99. The fourth-order valence-corrected chi connectivity index (χ4v) is 1.78. The van der Waals surface area contributed by atoms with Crippen LogP contribution in [0.2, 0.25) is 0 Å². The van der Waals surface area contributed by atoms with Crippen molar-refractivity contribution in [1.29, 1.82) is 10.5 Å². The second kappa shape index (κ2) is 8.04. The molecule has 0 saturated carbocycles. The van der Waals surface area contributed by atoms with E-state index in [1.165, 1.54) is 25.4 Å². The predicted molar refractivity (Wildman–Crippen MR) is 90.0 cm³/mol. The number of methoxy groups -OCH3 is 1. The van der Waals surface area contributed by atoms with Gasteiger partial charge in [0, 0.05) is 6.07 Å². The van der Waals surface area contributed by atoms with Crippen LogP contribution in [0.25, 0.3) is 0 Å². The number of hydrogen-bond donors (Lipinski definition) is 2. The average Bonchev–Trinajstić information content (AvgIpc) is 2.64. The van der Waals surface area contributed by atoms with Crippen LogP contribution in [0.3, 0.4) is 0 Å². The number of amides is 1. The molecule has 0 unspecified atom stereocenters. The van der Waals surface area contributed by atoms with Gasteiger partial charge >= 0.3 is 0 Å². The lowest BCUT2D eigenvalue weighted by Gasteiger charge is -2.10. The highest BCUT2D eigenvalue weighted by molar-refractivity contribution is 6.10. The van der Waals surface area contributed by atoms with Crippen molar-refractivity contribution in [1.82, 2.24) is 9.97 Å². The minimum Gasteiger partial charge on any atom is -0.496 e. The van der Waals surface area contributed by atoms with Gasteiger partial charge in [0.05, 0.1) is 36.4 Å². The Morgan fingerprint density at radius 2 is 2.00 bits per heavy atom. The molecule has 9 nitrogen and oxygen atoms in total. The summed E-state index contributed by atoms with van der Waals surface area (Å²) in [6.45, 7) is 1.79. The van der Waals surface area contributed by atoms with Crippen molar-refractivity contribution in [3.63, 3.8) is 0 Å². The topological polar surface area (TPSA) is 136 Å². The second-order valence-corrected chi connectivity index (χ2v) is 4.71. The molecule has 1 aromatic carbocycles. The molecule has 2 rings (SSSR count). The largest absolute Gasteiger partial charge is 0.496 e. The monoisotopic (exact) mass is 335 g/mol. The fourth-order valence-electron chi connectivity index (χ4n) is 1.78. The van der Waals surface area contributed by atoms with E-state index in [0.29, 0.717) is 11.5 Å². The number of hydrazone groups is 1. The summed E-state index contributed by atoms with van der Waals surface area (Å²) in [6, 6.07) is 7.86. The minimum atomic E-state index is -0.417. The molecule has 1 amide bonds. The van der Waals surface area contributed by atoms with E-state index in [0.717, 1.165) is 5.69 Å². The molecule has 0 atom stereocenters. The second-order valence-electron chi connectivity index (χ2n) is 4.71. The normalized spacial score (nSPS) is 9.28. The third-order valence-corrected chi connectivity index (χ3v) is 2.98. The Kier molecular flexibility index (Phi) is 5.59. The number of nitrogens with zero attached hydrogens (tertiary/aromatic N) is 5. The lowest BCUT2D eigenvalue weighted by atomic mass is 10.1. The molecule has 0 aliphatic carbocycles. The van der Waals surface area contributed by atoms with E-state index in [1.54, 1.807) is 31.3 Å². The Labute approximate surface area is 143 Å². The Morgan fingerprint density at radius 3 is 2.60 bits per heavy atom. The van der Waals surface area contributed by atoms with Gasteiger partial charge in [-0.25, -0.2) is 4.98 Å². The van der Waals surface area contributed by atoms with E-state index in [1.807, 2.05) is 0 Å². The highest BCUT2D eigenvalue weighted by Gasteiger charge is 2.14. The zero-order valence-electron chi connectivity index (χ0n) is 13.4. The summed E-state index contributed by atoms with van der Waals surface area (Å²) in [5.74, 6) is 0.185. The van der Waals surface area contributed by atoms with Gasteiger partial charge in [0.2, 0.25) is 5.71 Å². The highest BCUT2D eigenvalue weighted by Crippen LogP contribution is 2.24. The average molecular weight is 335 g/mol. The number of carbonyl (C=O) groups is 1. The van der Waals surface area contributed by atoms with Gasteiger partial charge < -0.3 is 10.1 Å². The van der Waals surface area contributed by atoms with Gasteiger partial charge in [0.1, 0.15) is 17.9 Å². The molecule has 124 valence electrons. The molecule has 0 radical (unpaired) electrons. The molecular weight excluding hydrogens is 322 g/mol. The van der Waals surface area contributed by atoms with Crippen LogP contribution in [0.15, 0.2) is 35.7 Å². The van der Waals surface area contributed by atoms with E-state index >= 15 is 0 Å². The van der Waals surface area contributed by atoms with Crippen LogP contribution in [0.5, 0.6) is 5.75 Å². The Morgan fingerprint density at radius 1 is 1.24 bits per heavy atom. The zero-order chi connectivity index (χ0) is 18.2. The molecule has 1 aromatic heterocycles. The van der Waals surface area contributed by atoms with E-state index < -0.39 is 5.91 Å². The summed E-state index contributed by atoms with van der Waals surface area (Å²) in [7, 11) is 1.42. The van der Waals surface area contributed by atoms with Gasteiger partial charge in [-0.1, -0.05) is 0 Å². The SMILES string of the molecule is COc1cc(NN=C(C#N)C#N)ccc1C(=O)Nc1cnc(C)cn1. The number of hydrogen-bond acceptors (Lipinski definition) is 8. The van der Waals surface area contributed by atoms with Crippen LogP contribution in [0.1, 0.15) is 16.1 Å². The number of nitrogens with one attached hydrogen (secondary N) is 2. The van der Waals surface area contributed by atoms with Crippen LogP contribution in [-0.2, 0) is 0 Å². The van der Waals surface area contributed by atoms with Crippen LogP contribution in [-0.4, -0.2) is 28.7 Å². The van der Waals surface area contributed by atoms with Crippen LogP contribution in [0.4, 0.5) is 11.5 Å². The first-order valence-electron chi connectivity index (χ1n) is 6.99. The molecule has 0 bridgehead atoms. The summed E-state index contributed by atoms with van der Waals surface area (Å²) >= 11 is 0. The molecular formula is C16H13N7O2. The summed E-state index contributed by atoms with van der Waals surface area (Å²) in [5, 5.41) is 23.5. The van der Waals surface area contributed by atoms with Crippen molar-refractivity contribution in [3.8, 4) is 17.9 Å². The van der Waals surface area contributed by atoms with Crippen LogP contribution < -0.4 is 15.5 Å². The number of anilines is 2. The highest BCUT2D eigenvalue weighted by atomic mass is 16.5. The third kappa shape index (κ3) is 4.50. The maximum Gasteiger partial charge on any atom is 0.260 e. The summed E-state index contributed by atoms with van der Waals surface area (Å²) < 4.78 is 5.21. The van der Waals surface area contributed by atoms with Gasteiger partial charge in [-0.05, 0) is 19.1 Å². The molecule has 1 heterocycles. The standard InChI is InChI=1S/C16H13N7O2/c1-10-8-20-15(9-19-10)21-16(24)13-4-3-11(5-14(13)25-2)22-23-12(6-17)7-18/h3-5,8-9,22H,1-2H3,(H,20,21,24). The number of benzene rings is 1. The summed E-state index contributed by atoms with van der Waals surface area (Å²) in [6.07, 6.45) is 3.00. The molecule has 2 N–H and O–H groups in total. The Bertz CT molecular complexity index is 876. The number of aromatic nitrogens is 2. The zero-order valence-corrected chi connectivity index (χ0v) is 13.4. The van der Waals surface area contributed by atoms with E-state index in [4.69, 9.17) is 15.3 Å². The van der Waals surface area contributed by atoms with Crippen molar-refractivity contribution in [2.75, 3.05) is 17.9 Å². The van der Waals surface area contributed by atoms with Gasteiger partial charge in [-0.2, -0.15) is 15.6 Å². The quantitative estimate of drug-likeness (QED) is 0.628. The third-order valence-electron chi connectivity index (χ3n) is 2.98. The summed E-state index contributed by atoms with van der Waals surface area (Å²) in [5.41, 5.74) is 3.70. The lowest BCUT2D eigenvalue weighted by molar-refractivity contribution is 0.102. The number of carbonyl (C=O) groups excluding carboxylic acids is 1. The molecule has 9 heteroatoms. The molecule has 25 heavy (non-hydrogen) atoms. The molecule has 0 saturated heterocycles. The van der Waals surface area contributed by atoms with Crippen LogP contribution in [0, 0.1) is 29.6 Å². The number of rotatable bonds is 5. The maximum atomic E-state index is 12.4.